The van der Waals surface area contributed by atoms with Crippen LogP contribution >= 0.6 is 11.6 Å². The molecule has 2 aromatic carbocycles. The van der Waals surface area contributed by atoms with Crippen molar-refractivity contribution < 1.29 is 9.53 Å². The maximum absolute atomic E-state index is 12.9. The maximum atomic E-state index is 12.9. The highest BCUT2D eigenvalue weighted by Gasteiger charge is 2.35. The molecule has 1 saturated heterocycles. The van der Waals surface area contributed by atoms with Gasteiger partial charge in [0.05, 0.1) is 6.04 Å². The molecular weight excluding hydrogens is 396 g/mol. The van der Waals surface area contributed by atoms with Crippen LogP contribution in [-0.2, 0) is 14.9 Å². The molecular formula is C25H33ClN2O2. The number of hydrogen-bond donors (Lipinski definition) is 2. The van der Waals surface area contributed by atoms with E-state index in [1.54, 1.807) is 0 Å². The van der Waals surface area contributed by atoms with Gasteiger partial charge in [-0.25, -0.2) is 0 Å². The predicted octanol–water partition coefficient (Wildman–Crippen LogP) is 5.52. The molecule has 1 aliphatic heterocycles. The normalized spacial score (nSPS) is 17.9. The van der Waals surface area contributed by atoms with E-state index in [4.69, 9.17) is 16.3 Å². The van der Waals surface area contributed by atoms with Crippen LogP contribution in [0.1, 0.15) is 57.1 Å². The Morgan fingerprint density at radius 2 is 1.77 bits per heavy atom. The number of carbonyl (C=O) groups is 1. The number of ether oxygens (including phenoxy) is 1. The third kappa shape index (κ3) is 5.42. The fourth-order valence-electron chi connectivity index (χ4n) is 4.08. The number of anilines is 1. The molecule has 30 heavy (non-hydrogen) atoms. The van der Waals surface area contributed by atoms with E-state index < -0.39 is 0 Å². The van der Waals surface area contributed by atoms with E-state index in [1.807, 2.05) is 37.3 Å². The van der Waals surface area contributed by atoms with Crippen molar-refractivity contribution in [2.45, 2.75) is 57.4 Å². The van der Waals surface area contributed by atoms with Crippen LogP contribution in [0.2, 0.25) is 5.02 Å². The summed E-state index contributed by atoms with van der Waals surface area (Å²) >= 11 is 6.09. The number of amides is 1. The van der Waals surface area contributed by atoms with Crippen molar-refractivity contribution in [1.82, 2.24) is 5.32 Å². The van der Waals surface area contributed by atoms with Gasteiger partial charge in [0.1, 0.15) is 0 Å². The summed E-state index contributed by atoms with van der Waals surface area (Å²) in [6.45, 7) is 8.46. The summed E-state index contributed by atoms with van der Waals surface area (Å²) in [4.78, 5) is 12.9. The Morgan fingerprint density at radius 3 is 2.43 bits per heavy atom. The molecule has 0 radical (unpaired) electrons. The van der Waals surface area contributed by atoms with Crippen molar-refractivity contribution in [3.8, 4) is 0 Å². The first-order valence-corrected chi connectivity index (χ1v) is 11.3. The summed E-state index contributed by atoms with van der Waals surface area (Å²) in [5.41, 5.74) is 3.29. The Bertz CT molecular complexity index is 831. The van der Waals surface area contributed by atoms with E-state index in [-0.39, 0.29) is 17.4 Å². The van der Waals surface area contributed by atoms with Crippen molar-refractivity contribution in [1.29, 1.82) is 0 Å². The van der Waals surface area contributed by atoms with Crippen LogP contribution in [-0.4, -0.2) is 31.7 Å². The topological polar surface area (TPSA) is 50.4 Å². The number of carbonyl (C=O) groups excluding carboxylic acids is 1. The molecule has 162 valence electrons. The van der Waals surface area contributed by atoms with Gasteiger partial charge in [0.2, 0.25) is 5.91 Å². The molecule has 1 heterocycles. The number of nitrogens with one attached hydrogen (secondary N) is 2. The van der Waals surface area contributed by atoms with Gasteiger partial charge in [0, 0.05) is 35.9 Å². The maximum Gasteiger partial charge on any atom is 0.241 e. The molecule has 4 nitrogen and oxygen atoms in total. The van der Waals surface area contributed by atoms with Gasteiger partial charge in [0.15, 0.2) is 0 Å². The number of para-hydroxylation sites is 1. The summed E-state index contributed by atoms with van der Waals surface area (Å²) in [5.74, 6) is 0.393. The van der Waals surface area contributed by atoms with Crippen LogP contribution in [0.4, 0.5) is 5.69 Å². The van der Waals surface area contributed by atoms with E-state index in [9.17, 15) is 4.79 Å². The van der Waals surface area contributed by atoms with E-state index in [0.29, 0.717) is 5.92 Å². The summed E-state index contributed by atoms with van der Waals surface area (Å²) in [5, 5.41) is 7.36. The molecule has 5 heteroatoms. The molecule has 1 aliphatic rings. The van der Waals surface area contributed by atoms with Gasteiger partial charge in [-0.2, -0.15) is 0 Å². The molecule has 2 aromatic rings. The van der Waals surface area contributed by atoms with Crippen LogP contribution < -0.4 is 10.6 Å². The van der Waals surface area contributed by atoms with Crippen molar-refractivity contribution in [3.05, 3.63) is 64.7 Å². The summed E-state index contributed by atoms with van der Waals surface area (Å²) in [6.07, 6.45) is 2.88. The van der Waals surface area contributed by atoms with Gasteiger partial charge in [-0.15, -0.1) is 0 Å². The molecule has 2 N–H and O–H groups in total. The molecule has 0 aliphatic carbocycles. The van der Waals surface area contributed by atoms with Gasteiger partial charge in [0.25, 0.3) is 0 Å². The number of benzene rings is 2. The first-order chi connectivity index (χ1) is 14.4. The lowest BCUT2D eigenvalue weighted by atomic mass is 9.74. The van der Waals surface area contributed by atoms with Gasteiger partial charge in [-0.1, -0.05) is 55.8 Å². The molecule has 1 amide bonds. The third-order valence-corrected chi connectivity index (χ3v) is 6.66. The highest BCUT2D eigenvalue weighted by molar-refractivity contribution is 6.30. The highest BCUT2D eigenvalue weighted by Crippen LogP contribution is 2.35. The number of hydrogen-bond acceptors (Lipinski definition) is 3. The van der Waals surface area contributed by atoms with Crippen LogP contribution in [0.5, 0.6) is 0 Å². The summed E-state index contributed by atoms with van der Waals surface area (Å²) < 4.78 is 5.62. The second kappa shape index (κ2) is 10.4. The molecule has 2 unspecified atom stereocenters. The van der Waals surface area contributed by atoms with Gasteiger partial charge < -0.3 is 15.4 Å². The van der Waals surface area contributed by atoms with E-state index >= 15 is 0 Å². The number of halogens is 1. The van der Waals surface area contributed by atoms with Crippen LogP contribution in [0, 0.1) is 0 Å². The predicted molar refractivity (Wildman–Crippen MR) is 124 cm³/mol. The zero-order chi connectivity index (χ0) is 21.6. The average Bonchev–Trinajstić information content (AvgIpc) is 2.78. The fourth-order valence-corrected chi connectivity index (χ4v) is 4.20. The molecule has 0 aromatic heterocycles. The Hall–Kier alpha value is -1.88. The lowest BCUT2D eigenvalue weighted by Crippen LogP contribution is -2.48. The van der Waals surface area contributed by atoms with Crippen molar-refractivity contribution in [2.24, 2.45) is 0 Å². The highest BCUT2D eigenvalue weighted by atomic mass is 35.5. The Balaban J connectivity index is 1.68. The largest absolute Gasteiger partial charge is 0.381 e. The van der Waals surface area contributed by atoms with Crippen LogP contribution in [0.3, 0.4) is 0 Å². The van der Waals surface area contributed by atoms with Crippen molar-refractivity contribution >= 4 is 23.2 Å². The summed E-state index contributed by atoms with van der Waals surface area (Å²) in [6, 6.07) is 15.9. The minimum Gasteiger partial charge on any atom is -0.381 e. The second-order valence-corrected chi connectivity index (χ2v) is 8.82. The quantitative estimate of drug-likeness (QED) is 0.582. The van der Waals surface area contributed by atoms with Crippen LogP contribution in [0.15, 0.2) is 48.5 Å². The second-order valence-electron chi connectivity index (χ2n) is 8.39. The Labute approximate surface area is 185 Å². The molecule has 2 atom stereocenters. The van der Waals surface area contributed by atoms with Gasteiger partial charge in [-0.3, -0.25) is 4.79 Å². The standard InChI is InChI=1S/C25H33ClN2O2/c1-4-18(2)22-7-5-6-8-23(22)28-24(29)19(3)27-17-25(13-15-30-16-14-25)20-9-11-21(26)12-10-20/h5-12,18-19,27H,4,13-17H2,1-3H3,(H,28,29). The molecule has 3 rings (SSSR count). The third-order valence-electron chi connectivity index (χ3n) is 6.41. The fraction of sp³-hybridized carbons (Fsp3) is 0.480. The molecule has 0 bridgehead atoms. The van der Waals surface area contributed by atoms with Gasteiger partial charge >= 0.3 is 0 Å². The zero-order valence-electron chi connectivity index (χ0n) is 18.2. The van der Waals surface area contributed by atoms with Crippen molar-refractivity contribution in [3.63, 3.8) is 0 Å². The molecule has 1 fully saturated rings. The first-order valence-electron chi connectivity index (χ1n) is 10.9. The lowest BCUT2D eigenvalue weighted by molar-refractivity contribution is -0.117. The minimum atomic E-state index is -0.304. The lowest BCUT2D eigenvalue weighted by Gasteiger charge is -2.38. The van der Waals surface area contributed by atoms with Crippen LogP contribution in [0.25, 0.3) is 0 Å². The van der Waals surface area contributed by atoms with E-state index in [2.05, 4.69) is 42.7 Å². The Morgan fingerprint density at radius 1 is 1.10 bits per heavy atom. The first kappa shape index (κ1) is 22.8. The van der Waals surface area contributed by atoms with E-state index in [1.165, 1.54) is 11.1 Å². The minimum absolute atomic E-state index is 0.0101. The Kier molecular flexibility index (Phi) is 7.93. The van der Waals surface area contributed by atoms with E-state index in [0.717, 1.165) is 49.7 Å². The summed E-state index contributed by atoms with van der Waals surface area (Å²) in [7, 11) is 0. The molecule has 0 spiro atoms. The number of rotatable bonds is 8. The zero-order valence-corrected chi connectivity index (χ0v) is 19.0. The monoisotopic (exact) mass is 428 g/mol. The average molecular weight is 429 g/mol. The SMILES string of the molecule is CCC(C)c1ccccc1NC(=O)C(C)NCC1(c2ccc(Cl)cc2)CCOCC1. The smallest absolute Gasteiger partial charge is 0.241 e. The molecule has 0 saturated carbocycles. The van der Waals surface area contributed by atoms with Crippen molar-refractivity contribution in [2.75, 3.05) is 25.1 Å². The van der Waals surface area contributed by atoms with Gasteiger partial charge in [-0.05, 0) is 61.4 Å².